The van der Waals surface area contributed by atoms with Crippen LogP contribution in [0.25, 0.3) is 0 Å². The fourth-order valence-corrected chi connectivity index (χ4v) is 4.15. The van der Waals surface area contributed by atoms with Gasteiger partial charge in [0.25, 0.3) is 5.91 Å². The number of rotatable bonds is 3. The maximum absolute atomic E-state index is 12.6. The summed E-state index contributed by atoms with van der Waals surface area (Å²) in [6.07, 6.45) is 4.37. The summed E-state index contributed by atoms with van der Waals surface area (Å²) < 4.78 is 27.5. The molecule has 1 aliphatic heterocycles. The Bertz CT molecular complexity index is 820. The van der Waals surface area contributed by atoms with Crippen molar-refractivity contribution in [3.05, 3.63) is 53.0 Å². The van der Waals surface area contributed by atoms with Gasteiger partial charge in [-0.15, -0.1) is 0 Å². The number of sulfonamides is 1. The minimum absolute atomic E-state index is 0.233. The third-order valence-electron chi connectivity index (χ3n) is 3.76. The van der Waals surface area contributed by atoms with Crippen LogP contribution in [0.15, 0.2) is 52.2 Å². The summed E-state index contributed by atoms with van der Waals surface area (Å²) in [7, 11) is -3.55. The number of carbonyl (C=O) groups is 1. The van der Waals surface area contributed by atoms with Crippen molar-refractivity contribution in [1.82, 2.24) is 19.2 Å². The lowest BCUT2D eigenvalue weighted by atomic mass is 10.3. The Morgan fingerprint density at radius 1 is 1.04 bits per heavy atom. The molecule has 0 N–H and O–H groups in total. The number of carbonyl (C=O) groups excluding carboxylic acids is 1. The smallest absolute Gasteiger partial charge is 0.274 e. The molecule has 1 aliphatic rings. The first-order valence-electron chi connectivity index (χ1n) is 7.29. The summed E-state index contributed by atoms with van der Waals surface area (Å²) in [5.74, 6) is -0.233. The number of halogens is 1. The van der Waals surface area contributed by atoms with E-state index in [0.717, 1.165) is 4.47 Å². The van der Waals surface area contributed by atoms with Crippen LogP contribution in [-0.2, 0) is 10.0 Å². The van der Waals surface area contributed by atoms with Gasteiger partial charge in [0, 0.05) is 43.0 Å². The van der Waals surface area contributed by atoms with Gasteiger partial charge in [-0.25, -0.2) is 13.4 Å². The van der Waals surface area contributed by atoms with Crippen molar-refractivity contribution in [3.8, 4) is 0 Å². The van der Waals surface area contributed by atoms with Crippen LogP contribution in [0.2, 0.25) is 0 Å². The molecule has 0 spiro atoms. The molecule has 2 heterocycles. The molecule has 1 aromatic heterocycles. The Kier molecular flexibility index (Phi) is 4.93. The summed E-state index contributed by atoms with van der Waals surface area (Å²) in [4.78, 5) is 22.0. The Labute approximate surface area is 148 Å². The average molecular weight is 411 g/mol. The SMILES string of the molecule is O=C(c1cnccn1)N1CCN(S(=O)(=O)c2ccc(Br)cc2)CC1. The standard InChI is InChI=1S/C15H15BrN4O3S/c16-12-1-3-13(4-2-12)24(22,23)20-9-7-19(8-10-20)15(21)14-11-17-5-6-18-14/h1-6,11H,7-10H2. The van der Waals surface area contributed by atoms with Gasteiger partial charge in [0.2, 0.25) is 10.0 Å². The highest BCUT2D eigenvalue weighted by atomic mass is 79.9. The van der Waals surface area contributed by atoms with Gasteiger partial charge < -0.3 is 4.90 Å². The number of aromatic nitrogens is 2. The predicted molar refractivity (Wildman–Crippen MR) is 90.8 cm³/mol. The summed E-state index contributed by atoms with van der Waals surface area (Å²) >= 11 is 3.29. The van der Waals surface area contributed by atoms with E-state index < -0.39 is 10.0 Å². The van der Waals surface area contributed by atoms with Crippen molar-refractivity contribution in [3.63, 3.8) is 0 Å². The predicted octanol–water partition coefficient (Wildman–Crippen LogP) is 1.39. The summed E-state index contributed by atoms with van der Waals surface area (Å²) in [6.45, 7) is 1.16. The molecule has 24 heavy (non-hydrogen) atoms. The molecule has 0 saturated carbocycles. The van der Waals surface area contributed by atoms with Gasteiger partial charge in [-0.3, -0.25) is 9.78 Å². The van der Waals surface area contributed by atoms with E-state index in [4.69, 9.17) is 0 Å². The van der Waals surface area contributed by atoms with Crippen molar-refractivity contribution in [2.45, 2.75) is 4.90 Å². The molecule has 2 aromatic rings. The third kappa shape index (κ3) is 3.47. The number of benzene rings is 1. The second kappa shape index (κ2) is 6.96. The Hall–Kier alpha value is -1.84. The van der Waals surface area contributed by atoms with E-state index in [0.29, 0.717) is 13.1 Å². The first-order chi connectivity index (χ1) is 11.5. The zero-order valence-corrected chi connectivity index (χ0v) is 15.1. The lowest BCUT2D eigenvalue weighted by Crippen LogP contribution is -2.50. The van der Waals surface area contributed by atoms with Crippen molar-refractivity contribution in [2.75, 3.05) is 26.2 Å². The normalized spacial score (nSPS) is 16.1. The van der Waals surface area contributed by atoms with Gasteiger partial charge in [0.1, 0.15) is 5.69 Å². The molecule has 0 aliphatic carbocycles. The average Bonchev–Trinajstić information content (AvgIpc) is 2.62. The largest absolute Gasteiger partial charge is 0.335 e. The van der Waals surface area contributed by atoms with Gasteiger partial charge in [0.05, 0.1) is 11.1 Å². The van der Waals surface area contributed by atoms with Crippen LogP contribution in [0.5, 0.6) is 0 Å². The molecular weight excluding hydrogens is 396 g/mol. The Balaban J connectivity index is 1.68. The minimum atomic E-state index is -3.55. The van der Waals surface area contributed by atoms with Crippen LogP contribution in [0.1, 0.15) is 10.5 Å². The van der Waals surface area contributed by atoms with E-state index in [1.165, 1.54) is 22.9 Å². The lowest BCUT2D eigenvalue weighted by Gasteiger charge is -2.33. The van der Waals surface area contributed by atoms with Crippen LogP contribution in [0, 0.1) is 0 Å². The quantitative estimate of drug-likeness (QED) is 0.762. The van der Waals surface area contributed by atoms with Crippen molar-refractivity contribution in [2.24, 2.45) is 0 Å². The number of piperazine rings is 1. The van der Waals surface area contributed by atoms with Crippen LogP contribution < -0.4 is 0 Å². The zero-order valence-electron chi connectivity index (χ0n) is 12.7. The van der Waals surface area contributed by atoms with Crippen LogP contribution in [0.4, 0.5) is 0 Å². The summed E-state index contributed by atoms with van der Waals surface area (Å²) in [6, 6.07) is 6.52. The van der Waals surface area contributed by atoms with Crippen LogP contribution in [0.3, 0.4) is 0 Å². The number of hydrogen-bond acceptors (Lipinski definition) is 5. The molecule has 0 radical (unpaired) electrons. The maximum atomic E-state index is 12.6. The monoisotopic (exact) mass is 410 g/mol. The highest BCUT2D eigenvalue weighted by Gasteiger charge is 2.30. The van der Waals surface area contributed by atoms with Gasteiger partial charge >= 0.3 is 0 Å². The number of amides is 1. The van der Waals surface area contributed by atoms with Gasteiger partial charge in [-0.05, 0) is 24.3 Å². The number of nitrogens with zero attached hydrogens (tertiary/aromatic N) is 4. The lowest BCUT2D eigenvalue weighted by molar-refractivity contribution is 0.0691. The third-order valence-corrected chi connectivity index (χ3v) is 6.20. The van der Waals surface area contributed by atoms with Crippen LogP contribution in [-0.4, -0.2) is 59.7 Å². The van der Waals surface area contributed by atoms with Crippen LogP contribution >= 0.6 is 15.9 Å². The van der Waals surface area contributed by atoms with Gasteiger partial charge in [0.15, 0.2) is 0 Å². The molecule has 0 atom stereocenters. The fraction of sp³-hybridized carbons (Fsp3) is 0.267. The van der Waals surface area contributed by atoms with E-state index in [1.54, 1.807) is 29.2 Å². The number of hydrogen-bond donors (Lipinski definition) is 0. The fourth-order valence-electron chi connectivity index (χ4n) is 2.46. The molecule has 9 heteroatoms. The summed E-state index contributed by atoms with van der Waals surface area (Å²) in [5, 5.41) is 0. The van der Waals surface area contributed by atoms with Crippen molar-refractivity contribution < 1.29 is 13.2 Å². The first kappa shape index (κ1) is 17.0. The highest BCUT2D eigenvalue weighted by molar-refractivity contribution is 9.10. The molecule has 1 fully saturated rings. The summed E-state index contributed by atoms with van der Waals surface area (Å²) in [5.41, 5.74) is 0.265. The Morgan fingerprint density at radius 2 is 1.71 bits per heavy atom. The second-order valence-corrected chi connectivity index (χ2v) is 8.09. The molecule has 1 aromatic carbocycles. The molecule has 1 amide bonds. The van der Waals surface area contributed by atoms with E-state index >= 15 is 0 Å². The molecule has 3 rings (SSSR count). The molecule has 126 valence electrons. The second-order valence-electron chi connectivity index (χ2n) is 5.24. The maximum Gasteiger partial charge on any atom is 0.274 e. The molecule has 0 bridgehead atoms. The Morgan fingerprint density at radius 3 is 2.29 bits per heavy atom. The van der Waals surface area contributed by atoms with E-state index in [1.807, 2.05) is 0 Å². The van der Waals surface area contributed by atoms with Gasteiger partial charge in [-0.2, -0.15) is 4.31 Å². The molecule has 1 saturated heterocycles. The van der Waals surface area contributed by atoms with Gasteiger partial charge in [-0.1, -0.05) is 15.9 Å². The first-order valence-corrected chi connectivity index (χ1v) is 9.53. The van der Waals surface area contributed by atoms with E-state index in [-0.39, 0.29) is 29.6 Å². The molecular formula is C15H15BrN4O3S. The van der Waals surface area contributed by atoms with Crippen molar-refractivity contribution >= 4 is 31.9 Å². The van der Waals surface area contributed by atoms with Crippen molar-refractivity contribution in [1.29, 1.82) is 0 Å². The minimum Gasteiger partial charge on any atom is -0.335 e. The van der Waals surface area contributed by atoms with E-state index in [9.17, 15) is 13.2 Å². The molecule has 0 unspecified atom stereocenters. The molecule has 7 nitrogen and oxygen atoms in total. The zero-order chi connectivity index (χ0) is 17.2. The topological polar surface area (TPSA) is 83.5 Å². The van der Waals surface area contributed by atoms with E-state index in [2.05, 4.69) is 25.9 Å². The highest BCUT2D eigenvalue weighted by Crippen LogP contribution is 2.20.